The fourth-order valence-corrected chi connectivity index (χ4v) is 23.3. The molecule has 0 spiro atoms. The number of halogens is 26. The van der Waals surface area contributed by atoms with Gasteiger partial charge >= 0.3 is 0 Å². The fraction of sp³-hybridized carbons (Fsp3) is 0.369. The molecule has 15 aromatic rings. The first kappa shape index (κ1) is 110. The molecule has 0 fully saturated rings. The SMILES string of the molecule is CCC(C)(F)CN1C(C)Cc2c([nH]c3cccc(F)c23)C1c1c(F)cc(Br)cc1F.CCC(F)(F)CN1C(C)Cc2c([nH]c3ccc(F)cc23)C1c1c(F)cc(Br)cc1F.CCC(F)(F)CN1C(C)Cc2c([nH]c3cccc(F)c23)C1c1c(F)cc(Br)cc1F.CCC(F)(F)CN1C(C)Cc2c([nH]c3cccc(F)c23)C1c1ccc(Br)cc1.CCC(F)(F)CN1C(C)Cc2c([nH]c3cccc(F)c23)C1c1ccc(Br)cc1F. The van der Waals surface area contributed by atoms with Gasteiger partial charge < -0.3 is 24.9 Å². The molecule has 10 nitrogen and oxygen atoms in total. The molecule has 11 atom stereocenters. The third-order valence-electron chi connectivity index (χ3n) is 29.3. The molecule has 5 N–H and O–H groups in total. The normalized spacial score (nSPS) is 20.5. The van der Waals surface area contributed by atoms with E-state index in [1.165, 1.54) is 105 Å². The van der Waals surface area contributed by atoms with Crippen LogP contribution in [0.4, 0.5) is 92.2 Å². The molecule has 0 saturated carbocycles. The molecule has 0 bridgehead atoms. The molecule has 36 heteroatoms. The Hall–Kier alpha value is -9.37. The van der Waals surface area contributed by atoms with Crippen LogP contribution in [-0.2, 0) is 32.1 Å². The van der Waals surface area contributed by atoms with Crippen molar-refractivity contribution in [1.29, 1.82) is 0 Å². The predicted octanol–water partition coefficient (Wildman–Crippen LogP) is 33.3. The number of benzene rings is 10. The monoisotopic (exact) mass is 2370 g/mol. The average Bonchev–Trinajstić information content (AvgIpc) is 1.60. The van der Waals surface area contributed by atoms with E-state index in [0.29, 0.717) is 130 Å². The molecule has 0 aliphatic carbocycles. The molecule has 147 heavy (non-hydrogen) atoms. The Balaban J connectivity index is 0.000000131. The summed E-state index contributed by atoms with van der Waals surface area (Å²) in [6.45, 7) is 15.9. The van der Waals surface area contributed by atoms with E-state index in [-0.39, 0.29) is 117 Å². The predicted molar refractivity (Wildman–Crippen MR) is 551 cm³/mol. The molecule has 782 valence electrons. The van der Waals surface area contributed by atoms with Crippen LogP contribution in [0.2, 0.25) is 0 Å². The van der Waals surface area contributed by atoms with Crippen LogP contribution in [0.15, 0.2) is 192 Å². The molecule has 0 amide bonds. The van der Waals surface area contributed by atoms with Gasteiger partial charge in [0.1, 0.15) is 75.5 Å². The van der Waals surface area contributed by atoms with Gasteiger partial charge in [0.25, 0.3) is 23.7 Å². The van der Waals surface area contributed by atoms with E-state index in [0.717, 1.165) is 51.1 Å². The standard InChI is InChI=1S/C23H23BrF4N2.2C22H20BrF5N2.C22H21BrF4N2.C22H22BrF3N2/c1-4-23(3,28)11-30-12(2)8-14-19-15(25)6-5-7-18(19)29-21(14)22(30)20-16(26)9-13(24)10-17(20)27;1-3-22(27,28)10-30-11(2)6-15-14-9-13(24)4-5-18(14)29-20(15)21(30)19-16(25)7-12(23)8-17(19)26;1-3-22(27,28)10-30-11(2)7-13-18-14(24)5-4-6-17(18)29-20(13)21(30)19-15(25)8-12(23)9-16(19)26;1-3-22(26,27)11-29-12(2)9-15-19-16(24)5-4-6-18(19)28-20(15)21(29)14-8-7-13(23)10-17(14)25;1-3-22(25,26)12-28-13(2)11-16-19-17(24)5-4-6-18(19)27-20(16)21(28)14-7-9-15(23)10-8-14/h5-7,9-10,12,22,29H,4,8,11H2,1-3H3;4-5,7-9,11,21,29H,3,6,10H2,1-2H3;4-6,8-9,11,21,29H,3,7,10H2,1-2H3;4-8,10,12,21,28H,3,9,11H2,1-2H3;4-10,13,21,27H,3,11-12H2,1-2H3. The van der Waals surface area contributed by atoms with E-state index < -0.39 is 144 Å². The number of nitrogens with zero attached hydrogens (tertiary/aromatic N) is 5. The lowest BCUT2D eigenvalue weighted by Gasteiger charge is -2.43. The quantitative estimate of drug-likeness (QED) is 0.0490. The van der Waals surface area contributed by atoms with Crippen molar-refractivity contribution in [1.82, 2.24) is 49.4 Å². The van der Waals surface area contributed by atoms with Gasteiger partial charge in [-0.05, 0) is 241 Å². The van der Waals surface area contributed by atoms with Crippen molar-refractivity contribution in [3.8, 4) is 0 Å². The largest absolute Gasteiger partial charge is 0.357 e. The zero-order valence-corrected chi connectivity index (χ0v) is 89.5. The van der Waals surface area contributed by atoms with Crippen molar-refractivity contribution in [2.45, 2.75) is 230 Å². The number of aromatic nitrogens is 5. The highest BCUT2D eigenvalue weighted by Gasteiger charge is 2.50. The second-order valence-electron chi connectivity index (χ2n) is 39.2. The Labute approximate surface area is 878 Å². The maximum Gasteiger partial charge on any atom is 0.260 e. The zero-order valence-electron chi connectivity index (χ0n) is 81.6. The minimum atomic E-state index is -3.04. The lowest BCUT2D eigenvalue weighted by molar-refractivity contribution is -0.0554. The lowest BCUT2D eigenvalue weighted by Crippen LogP contribution is -2.48. The number of fused-ring (bicyclic) bond motifs is 15. The van der Waals surface area contributed by atoms with Crippen LogP contribution in [0.1, 0.15) is 223 Å². The lowest BCUT2D eigenvalue weighted by atomic mass is 9.86. The first-order chi connectivity index (χ1) is 69.4. The summed E-state index contributed by atoms with van der Waals surface area (Å²) in [7, 11) is 0. The summed E-state index contributed by atoms with van der Waals surface area (Å²) in [4.78, 5) is 24.0. The maximum atomic E-state index is 15.1. The average molecular weight is 2380 g/mol. The minimum absolute atomic E-state index is 0.00155. The minimum Gasteiger partial charge on any atom is -0.357 e. The van der Waals surface area contributed by atoms with Gasteiger partial charge in [0.2, 0.25) is 0 Å². The Kier molecular flexibility index (Phi) is 32.8. The highest BCUT2D eigenvalue weighted by atomic mass is 79.9. The second-order valence-corrected chi connectivity index (χ2v) is 43.8. The van der Waals surface area contributed by atoms with Gasteiger partial charge in [-0.15, -0.1) is 0 Å². The molecule has 0 radical (unpaired) electrons. The molecule has 5 aliphatic heterocycles. The summed E-state index contributed by atoms with van der Waals surface area (Å²) in [6.07, 6.45) is 0.989. The first-order valence-corrected chi connectivity index (χ1v) is 52.4. The van der Waals surface area contributed by atoms with E-state index in [1.54, 1.807) is 85.2 Å². The van der Waals surface area contributed by atoms with Crippen LogP contribution in [0.3, 0.4) is 0 Å². The van der Waals surface area contributed by atoms with Gasteiger partial charge in [0.15, 0.2) is 0 Å². The van der Waals surface area contributed by atoms with Crippen LogP contribution in [0.25, 0.3) is 54.5 Å². The molecular weight excluding hydrogens is 2270 g/mol. The number of hydrogen-bond donors (Lipinski definition) is 5. The van der Waals surface area contributed by atoms with E-state index in [1.807, 2.05) is 56.0 Å². The third kappa shape index (κ3) is 22.7. The Morgan fingerprint density at radius 3 is 0.864 bits per heavy atom. The Bertz CT molecular complexity index is 7140. The molecule has 0 saturated heterocycles. The number of aromatic amines is 5. The summed E-state index contributed by atoms with van der Waals surface area (Å²) in [5.74, 6) is -19.0. The number of H-pyrrole nitrogens is 5. The van der Waals surface area contributed by atoms with Gasteiger partial charge in [-0.25, -0.2) is 92.2 Å². The van der Waals surface area contributed by atoms with Crippen molar-refractivity contribution >= 4 is 134 Å². The summed E-state index contributed by atoms with van der Waals surface area (Å²) in [6, 6.07) is 36.4. The fourth-order valence-electron chi connectivity index (χ4n) is 21.5. The van der Waals surface area contributed by atoms with Crippen LogP contribution >= 0.6 is 79.6 Å². The highest BCUT2D eigenvalue weighted by Crippen LogP contribution is 2.53. The summed E-state index contributed by atoms with van der Waals surface area (Å²) in [5, 5.41) is 2.40. The number of hydrogen-bond acceptors (Lipinski definition) is 5. The van der Waals surface area contributed by atoms with Crippen molar-refractivity contribution in [3.63, 3.8) is 0 Å². The molecule has 10 heterocycles. The van der Waals surface area contributed by atoms with E-state index in [4.69, 9.17) is 0 Å². The summed E-state index contributed by atoms with van der Waals surface area (Å²) in [5.41, 5.74) is 8.06. The molecule has 20 rings (SSSR count). The van der Waals surface area contributed by atoms with Crippen molar-refractivity contribution in [2.24, 2.45) is 0 Å². The Morgan fingerprint density at radius 2 is 0.544 bits per heavy atom. The van der Waals surface area contributed by atoms with Crippen LogP contribution < -0.4 is 0 Å². The summed E-state index contributed by atoms with van der Waals surface area (Å²) < 4.78 is 310. The smallest absolute Gasteiger partial charge is 0.260 e. The molecular formula is C111H106Br5F21N10. The molecule has 10 aromatic carbocycles. The van der Waals surface area contributed by atoms with Crippen molar-refractivity contribution in [3.05, 3.63) is 346 Å². The van der Waals surface area contributed by atoms with Crippen LogP contribution in [-0.4, -0.2) is 142 Å². The topological polar surface area (TPSA) is 95.2 Å². The molecule has 5 aliphatic rings. The molecule has 5 aromatic heterocycles. The van der Waals surface area contributed by atoms with Gasteiger partial charge in [-0.1, -0.05) is 157 Å². The van der Waals surface area contributed by atoms with Crippen molar-refractivity contribution in [2.75, 3.05) is 32.7 Å². The van der Waals surface area contributed by atoms with Crippen LogP contribution in [0, 0.1) is 69.8 Å². The van der Waals surface area contributed by atoms with Gasteiger partial charge in [0.05, 0.1) is 56.4 Å². The van der Waals surface area contributed by atoms with Crippen molar-refractivity contribution < 1.29 is 92.2 Å². The van der Waals surface area contributed by atoms with E-state index >= 15 is 13.2 Å². The Morgan fingerprint density at radius 1 is 0.272 bits per heavy atom. The van der Waals surface area contributed by atoms with Gasteiger partial charge in [0, 0.05) is 190 Å². The third-order valence-corrected chi connectivity index (χ3v) is 31.7. The second kappa shape index (κ2) is 43.8. The number of nitrogens with one attached hydrogen (secondary N) is 5. The zero-order chi connectivity index (χ0) is 106. The summed E-state index contributed by atoms with van der Waals surface area (Å²) >= 11 is 15.9. The van der Waals surface area contributed by atoms with E-state index in [9.17, 15) is 79.0 Å². The van der Waals surface area contributed by atoms with Crippen LogP contribution in [0.5, 0.6) is 0 Å². The first-order valence-electron chi connectivity index (χ1n) is 48.5. The van der Waals surface area contributed by atoms with E-state index in [2.05, 4.69) is 105 Å². The van der Waals surface area contributed by atoms with Gasteiger partial charge in [-0.2, -0.15) is 0 Å². The number of alkyl halides is 9. The highest BCUT2D eigenvalue weighted by molar-refractivity contribution is 9.11. The van der Waals surface area contributed by atoms with Gasteiger partial charge in [-0.3, -0.25) is 24.5 Å². The molecule has 11 unspecified atom stereocenters. The number of rotatable bonds is 20. The maximum absolute atomic E-state index is 15.1.